The first-order valence-corrected chi connectivity index (χ1v) is 7.19. The largest absolute Gasteiger partial charge is 0.0649 e. The Labute approximate surface area is 115 Å². The summed E-state index contributed by atoms with van der Waals surface area (Å²) in [4.78, 5) is 0. The molecule has 0 saturated heterocycles. The van der Waals surface area contributed by atoms with Crippen LogP contribution < -0.4 is 0 Å². The van der Waals surface area contributed by atoms with Crippen LogP contribution in [0.25, 0.3) is 0 Å². The van der Waals surface area contributed by atoms with Crippen molar-refractivity contribution in [1.29, 1.82) is 0 Å². The molecule has 0 N–H and O–H groups in total. The maximum Gasteiger partial charge on any atom is -0.0306 e. The molecule has 0 fully saturated rings. The van der Waals surface area contributed by atoms with Crippen LogP contribution in [0.1, 0.15) is 65.5 Å². The third kappa shape index (κ3) is 5.25. The summed E-state index contributed by atoms with van der Waals surface area (Å²) < 4.78 is 0. The van der Waals surface area contributed by atoms with E-state index in [9.17, 15) is 0 Å². The predicted molar refractivity (Wildman–Crippen MR) is 84.1 cm³/mol. The molecule has 0 spiro atoms. The van der Waals surface area contributed by atoms with Gasteiger partial charge in [-0.05, 0) is 24.7 Å². The second kappa shape index (κ2) is 6.97. The minimum atomic E-state index is 0.488. The maximum absolute atomic E-state index is 2.36. The van der Waals surface area contributed by atoms with Gasteiger partial charge in [0.2, 0.25) is 0 Å². The normalized spacial score (nSPS) is 11.8. The summed E-state index contributed by atoms with van der Waals surface area (Å²) in [6, 6.07) is 8.48. The summed E-state index contributed by atoms with van der Waals surface area (Å²) in [6.45, 7) is 18.2. The monoisotopic (exact) mass is 248 g/mol. The van der Waals surface area contributed by atoms with Gasteiger partial charge in [-0.25, -0.2) is 0 Å². The topological polar surface area (TPSA) is 0 Å². The molecule has 0 aliphatic carbocycles. The quantitative estimate of drug-likeness (QED) is 0.600. The lowest BCUT2D eigenvalue weighted by molar-refractivity contribution is 0.0998. The summed E-state index contributed by atoms with van der Waals surface area (Å²) in [7, 11) is 0. The van der Waals surface area contributed by atoms with Gasteiger partial charge in [-0.15, -0.1) is 0 Å². The van der Waals surface area contributed by atoms with E-state index >= 15 is 0 Å². The molecule has 18 heavy (non-hydrogen) atoms. The number of hydrogen-bond acceptors (Lipinski definition) is 0. The first-order valence-electron chi connectivity index (χ1n) is 7.19. The first-order chi connectivity index (χ1) is 8.16. The third-order valence-electron chi connectivity index (χ3n) is 4.82. The van der Waals surface area contributed by atoms with Crippen LogP contribution >= 0.6 is 0 Å². The molecule has 1 aromatic rings. The third-order valence-corrected chi connectivity index (χ3v) is 4.82. The van der Waals surface area contributed by atoms with E-state index in [1.165, 1.54) is 24.0 Å². The Morgan fingerprint density at radius 2 is 0.889 bits per heavy atom. The molecule has 0 radical (unpaired) electrons. The van der Waals surface area contributed by atoms with Gasteiger partial charge in [-0.1, -0.05) is 89.8 Å². The van der Waals surface area contributed by atoms with E-state index in [1.54, 1.807) is 0 Å². The van der Waals surface area contributed by atoms with Gasteiger partial charge in [-0.3, -0.25) is 0 Å². The number of benzene rings is 1. The van der Waals surface area contributed by atoms with Crippen LogP contribution in [0.5, 0.6) is 0 Å². The molecular weight excluding hydrogens is 216 g/mol. The van der Waals surface area contributed by atoms with E-state index in [0.717, 1.165) is 0 Å². The molecule has 0 aromatic heterocycles. The molecule has 0 unspecified atom stereocenters. The SMILES string of the molecule is CCC(C)(C)C(C)(C)CC.Cc1ccc(C)cc1. The van der Waals surface area contributed by atoms with Crippen molar-refractivity contribution in [3.63, 3.8) is 0 Å². The van der Waals surface area contributed by atoms with Gasteiger partial charge in [0.25, 0.3) is 0 Å². The van der Waals surface area contributed by atoms with Crippen LogP contribution in [0.4, 0.5) is 0 Å². The Kier molecular flexibility index (Phi) is 6.67. The standard InChI is InChI=1S/C10H22.C8H10/c1-7-9(3,4)10(5,6)8-2;1-7-3-5-8(2)6-4-7/h7-8H2,1-6H3;3-6H,1-2H3. The van der Waals surface area contributed by atoms with Crippen molar-refractivity contribution in [1.82, 2.24) is 0 Å². The molecule has 0 saturated carbocycles. The van der Waals surface area contributed by atoms with Gasteiger partial charge in [-0.2, -0.15) is 0 Å². The number of hydrogen-bond donors (Lipinski definition) is 0. The summed E-state index contributed by atoms with van der Waals surface area (Å²) in [5.41, 5.74) is 3.63. The van der Waals surface area contributed by atoms with Gasteiger partial charge in [0.1, 0.15) is 0 Å². The Hall–Kier alpha value is -0.780. The van der Waals surface area contributed by atoms with Crippen LogP contribution in [0, 0.1) is 24.7 Å². The highest BCUT2D eigenvalue weighted by Crippen LogP contribution is 2.43. The van der Waals surface area contributed by atoms with Crippen molar-refractivity contribution in [2.24, 2.45) is 10.8 Å². The zero-order valence-corrected chi connectivity index (χ0v) is 13.7. The van der Waals surface area contributed by atoms with E-state index < -0.39 is 0 Å². The highest BCUT2D eigenvalue weighted by molar-refractivity contribution is 5.19. The van der Waals surface area contributed by atoms with Crippen molar-refractivity contribution in [2.45, 2.75) is 68.2 Å². The number of rotatable bonds is 3. The van der Waals surface area contributed by atoms with Crippen LogP contribution in [0.3, 0.4) is 0 Å². The van der Waals surface area contributed by atoms with E-state index in [0.29, 0.717) is 10.8 Å². The fourth-order valence-corrected chi connectivity index (χ4v) is 1.59. The van der Waals surface area contributed by atoms with E-state index in [2.05, 4.69) is 79.7 Å². The van der Waals surface area contributed by atoms with Crippen LogP contribution in [0.2, 0.25) is 0 Å². The van der Waals surface area contributed by atoms with Crippen molar-refractivity contribution in [2.75, 3.05) is 0 Å². The summed E-state index contributed by atoms with van der Waals surface area (Å²) in [6.07, 6.45) is 2.54. The molecule has 0 aliphatic heterocycles. The minimum absolute atomic E-state index is 0.488. The molecule has 1 aromatic carbocycles. The molecule has 1 rings (SSSR count). The van der Waals surface area contributed by atoms with Gasteiger partial charge in [0.05, 0.1) is 0 Å². The highest BCUT2D eigenvalue weighted by atomic mass is 14.4. The zero-order chi connectivity index (χ0) is 14.4. The molecule has 0 heteroatoms. The Morgan fingerprint density at radius 1 is 0.667 bits per heavy atom. The van der Waals surface area contributed by atoms with Crippen molar-refractivity contribution >= 4 is 0 Å². The first kappa shape index (κ1) is 17.2. The lowest BCUT2D eigenvalue weighted by atomic mass is 9.65. The second-order valence-electron chi connectivity index (χ2n) is 6.63. The van der Waals surface area contributed by atoms with Crippen molar-refractivity contribution in [3.05, 3.63) is 35.4 Å². The van der Waals surface area contributed by atoms with Crippen LogP contribution in [-0.2, 0) is 0 Å². The zero-order valence-electron chi connectivity index (χ0n) is 13.7. The lowest BCUT2D eigenvalue weighted by Crippen LogP contribution is -2.30. The van der Waals surface area contributed by atoms with Gasteiger partial charge in [0.15, 0.2) is 0 Å². The van der Waals surface area contributed by atoms with E-state index in [-0.39, 0.29) is 0 Å². The molecule has 0 amide bonds. The Morgan fingerprint density at radius 3 is 1.06 bits per heavy atom. The number of aryl methyl sites for hydroxylation is 2. The molecule has 0 heterocycles. The molecular formula is C18H32. The predicted octanol–water partition coefficient (Wildman–Crippen LogP) is 6.16. The van der Waals surface area contributed by atoms with Gasteiger partial charge in [0, 0.05) is 0 Å². The van der Waals surface area contributed by atoms with Gasteiger partial charge < -0.3 is 0 Å². The smallest absolute Gasteiger partial charge is 0.0306 e. The average Bonchev–Trinajstić information content (AvgIpc) is 2.33. The fourth-order valence-electron chi connectivity index (χ4n) is 1.59. The second-order valence-corrected chi connectivity index (χ2v) is 6.63. The maximum atomic E-state index is 2.36. The average molecular weight is 248 g/mol. The summed E-state index contributed by atoms with van der Waals surface area (Å²) in [5.74, 6) is 0. The molecule has 0 aliphatic rings. The summed E-state index contributed by atoms with van der Waals surface area (Å²) >= 11 is 0. The van der Waals surface area contributed by atoms with Crippen LogP contribution in [-0.4, -0.2) is 0 Å². The molecule has 104 valence electrons. The minimum Gasteiger partial charge on any atom is -0.0649 e. The fraction of sp³-hybridized carbons (Fsp3) is 0.667. The van der Waals surface area contributed by atoms with E-state index in [1.807, 2.05) is 0 Å². The van der Waals surface area contributed by atoms with Crippen molar-refractivity contribution in [3.8, 4) is 0 Å². The molecule has 0 nitrogen and oxygen atoms in total. The Balaban J connectivity index is 0.000000327. The van der Waals surface area contributed by atoms with Crippen molar-refractivity contribution < 1.29 is 0 Å². The molecule has 0 bridgehead atoms. The van der Waals surface area contributed by atoms with Crippen LogP contribution in [0.15, 0.2) is 24.3 Å². The lowest BCUT2D eigenvalue weighted by Gasteiger charge is -2.40. The Bertz CT molecular complexity index is 293. The molecule has 0 atom stereocenters. The van der Waals surface area contributed by atoms with Gasteiger partial charge >= 0.3 is 0 Å². The van der Waals surface area contributed by atoms with E-state index in [4.69, 9.17) is 0 Å². The highest BCUT2D eigenvalue weighted by Gasteiger charge is 2.33. The summed E-state index contributed by atoms with van der Waals surface area (Å²) in [5, 5.41) is 0.